The summed E-state index contributed by atoms with van der Waals surface area (Å²) in [5, 5.41) is 0. The maximum absolute atomic E-state index is 4.45. The molecule has 4 heteroatoms. The first-order chi connectivity index (χ1) is 2.89. The molecule has 0 N–H and O–H groups in total. The Kier molecular flexibility index (Phi) is 1.51. The highest BCUT2D eigenvalue weighted by Gasteiger charge is 2.15. The summed E-state index contributed by atoms with van der Waals surface area (Å²) in [6.45, 7) is 0.625. The van der Waals surface area contributed by atoms with E-state index in [-0.39, 0.29) is 4.73 Å². The summed E-state index contributed by atoms with van der Waals surface area (Å²) in [7, 11) is 1.60. The van der Waals surface area contributed by atoms with E-state index in [0.29, 0.717) is 6.61 Å². The fourth-order valence-corrected chi connectivity index (χ4v) is 0.439. The Morgan fingerprint density at radius 1 is 1.83 bits per heavy atom. The van der Waals surface area contributed by atoms with Crippen molar-refractivity contribution in [1.29, 1.82) is 0 Å². The predicted molar refractivity (Wildman–Crippen MR) is 25.5 cm³/mol. The zero-order chi connectivity index (χ0) is 4.41. The standard InChI is InChI=1S/C2H3BBrO2/c4-2-1-5-6-3-2/h2H,1H2. The van der Waals surface area contributed by atoms with Crippen molar-refractivity contribution in [1.82, 2.24) is 0 Å². The van der Waals surface area contributed by atoms with E-state index < -0.39 is 0 Å². The molecule has 0 aromatic heterocycles. The van der Waals surface area contributed by atoms with Gasteiger partial charge in [-0.3, -0.25) is 4.89 Å². The van der Waals surface area contributed by atoms with Gasteiger partial charge in [-0.2, -0.15) is 0 Å². The van der Waals surface area contributed by atoms with E-state index in [1.807, 2.05) is 0 Å². The van der Waals surface area contributed by atoms with Crippen LogP contribution in [-0.4, -0.2) is 18.8 Å². The second-order valence-corrected chi connectivity index (χ2v) is 2.21. The van der Waals surface area contributed by atoms with E-state index in [4.69, 9.17) is 0 Å². The molecule has 0 aromatic carbocycles. The van der Waals surface area contributed by atoms with Crippen molar-refractivity contribution in [2.24, 2.45) is 0 Å². The number of hydrogen-bond donors (Lipinski definition) is 0. The van der Waals surface area contributed by atoms with E-state index in [1.165, 1.54) is 0 Å². The van der Waals surface area contributed by atoms with Crippen LogP contribution in [0.4, 0.5) is 0 Å². The largest absolute Gasteiger partial charge is 0.361 e. The minimum absolute atomic E-state index is 0.289. The van der Waals surface area contributed by atoms with E-state index >= 15 is 0 Å². The lowest BCUT2D eigenvalue weighted by atomic mass is 9.98. The lowest BCUT2D eigenvalue weighted by Gasteiger charge is -1.81. The zero-order valence-corrected chi connectivity index (χ0v) is 4.64. The lowest BCUT2D eigenvalue weighted by Crippen LogP contribution is -2.01. The topological polar surface area (TPSA) is 18.5 Å². The Balaban J connectivity index is 2.18. The molecule has 2 nitrogen and oxygen atoms in total. The highest BCUT2D eigenvalue weighted by molar-refractivity contribution is 9.10. The molecule has 0 aliphatic carbocycles. The predicted octanol–water partition coefficient (Wildman–Crippen LogP) is 0.288. The Labute approximate surface area is 45.1 Å². The Morgan fingerprint density at radius 3 is 2.83 bits per heavy atom. The van der Waals surface area contributed by atoms with Crippen LogP contribution in [0, 0.1) is 0 Å². The Hall–Kier alpha value is 0.465. The molecule has 1 aliphatic rings. The highest BCUT2D eigenvalue weighted by Crippen LogP contribution is 2.04. The lowest BCUT2D eigenvalue weighted by molar-refractivity contribution is -0.181. The molecule has 1 unspecified atom stereocenters. The van der Waals surface area contributed by atoms with Crippen molar-refractivity contribution in [3.8, 4) is 0 Å². The maximum atomic E-state index is 4.45. The van der Waals surface area contributed by atoms with E-state index in [2.05, 4.69) is 25.6 Å². The minimum Gasteiger partial charge on any atom is -0.310 e. The SMILES string of the molecule is BrC1[B]OOC1. The third-order valence-corrected chi connectivity index (χ3v) is 0.979. The fraction of sp³-hybridized carbons (Fsp3) is 1.00. The van der Waals surface area contributed by atoms with Crippen LogP contribution in [-0.2, 0) is 9.69 Å². The van der Waals surface area contributed by atoms with Gasteiger partial charge in [0, 0.05) is 4.73 Å². The Bertz CT molecular complexity index is 44.8. The molecule has 1 saturated heterocycles. The van der Waals surface area contributed by atoms with Crippen LogP contribution in [0.25, 0.3) is 0 Å². The van der Waals surface area contributed by atoms with Crippen molar-refractivity contribution in [2.75, 3.05) is 6.61 Å². The first-order valence-electron chi connectivity index (χ1n) is 1.65. The van der Waals surface area contributed by atoms with Gasteiger partial charge in [0.05, 0.1) is 6.61 Å². The summed E-state index contributed by atoms with van der Waals surface area (Å²) >= 11 is 3.23. The maximum Gasteiger partial charge on any atom is 0.361 e. The molecular weight excluding hydrogens is 147 g/mol. The molecule has 0 aromatic rings. The molecule has 1 atom stereocenters. The van der Waals surface area contributed by atoms with Gasteiger partial charge < -0.3 is 4.81 Å². The first-order valence-corrected chi connectivity index (χ1v) is 2.57. The van der Waals surface area contributed by atoms with Gasteiger partial charge in [-0.1, -0.05) is 15.9 Å². The van der Waals surface area contributed by atoms with E-state index in [9.17, 15) is 0 Å². The van der Waals surface area contributed by atoms with Crippen LogP contribution in [0.15, 0.2) is 0 Å². The second-order valence-electron chi connectivity index (χ2n) is 1.03. The van der Waals surface area contributed by atoms with E-state index in [1.54, 1.807) is 7.48 Å². The number of hydrogen-bond acceptors (Lipinski definition) is 2. The van der Waals surface area contributed by atoms with Gasteiger partial charge in [0.1, 0.15) is 0 Å². The smallest absolute Gasteiger partial charge is 0.310 e. The van der Waals surface area contributed by atoms with Crippen molar-refractivity contribution in [2.45, 2.75) is 4.73 Å². The van der Waals surface area contributed by atoms with Gasteiger partial charge in [-0.15, -0.1) is 0 Å². The Morgan fingerprint density at radius 2 is 2.67 bits per heavy atom. The molecule has 1 rings (SSSR count). The van der Waals surface area contributed by atoms with Crippen LogP contribution >= 0.6 is 15.9 Å². The summed E-state index contributed by atoms with van der Waals surface area (Å²) in [6, 6.07) is 0. The normalized spacial score (nSPS) is 33.2. The molecule has 1 fully saturated rings. The van der Waals surface area contributed by atoms with Crippen LogP contribution < -0.4 is 0 Å². The summed E-state index contributed by atoms with van der Waals surface area (Å²) in [5.41, 5.74) is 0. The molecule has 6 heavy (non-hydrogen) atoms. The number of halogens is 1. The van der Waals surface area contributed by atoms with Crippen molar-refractivity contribution < 1.29 is 9.69 Å². The number of alkyl halides is 1. The highest BCUT2D eigenvalue weighted by atomic mass is 79.9. The number of rotatable bonds is 0. The van der Waals surface area contributed by atoms with Crippen molar-refractivity contribution in [3.63, 3.8) is 0 Å². The summed E-state index contributed by atoms with van der Waals surface area (Å²) < 4.78 is 0.289. The average molecular weight is 150 g/mol. The van der Waals surface area contributed by atoms with Crippen molar-refractivity contribution >= 4 is 23.4 Å². The molecule has 0 bridgehead atoms. The summed E-state index contributed by atoms with van der Waals surface area (Å²) in [5.74, 6) is 0. The van der Waals surface area contributed by atoms with Crippen molar-refractivity contribution in [3.05, 3.63) is 0 Å². The van der Waals surface area contributed by atoms with Gasteiger partial charge in [0.15, 0.2) is 0 Å². The van der Waals surface area contributed by atoms with E-state index in [0.717, 1.165) is 0 Å². The van der Waals surface area contributed by atoms with Gasteiger partial charge in [-0.25, -0.2) is 0 Å². The van der Waals surface area contributed by atoms with Crippen LogP contribution in [0.1, 0.15) is 0 Å². The van der Waals surface area contributed by atoms with Gasteiger partial charge in [-0.05, 0) is 0 Å². The average Bonchev–Trinajstić information content (AvgIpc) is 1.86. The van der Waals surface area contributed by atoms with Crippen LogP contribution in [0.2, 0.25) is 0 Å². The van der Waals surface area contributed by atoms with Crippen LogP contribution in [0.5, 0.6) is 0 Å². The zero-order valence-electron chi connectivity index (χ0n) is 3.06. The third-order valence-electron chi connectivity index (χ3n) is 0.499. The van der Waals surface area contributed by atoms with Gasteiger partial charge in [0.25, 0.3) is 0 Å². The molecular formula is C2H3BBrO2. The monoisotopic (exact) mass is 149 g/mol. The van der Waals surface area contributed by atoms with Crippen LogP contribution in [0.3, 0.4) is 0 Å². The fourth-order valence-electron chi connectivity index (χ4n) is 0.243. The molecule has 1 heterocycles. The molecule has 0 saturated carbocycles. The quantitative estimate of drug-likeness (QED) is 0.280. The molecule has 1 radical (unpaired) electrons. The summed E-state index contributed by atoms with van der Waals surface area (Å²) in [6.07, 6.45) is 0. The summed E-state index contributed by atoms with van der Waals surface area (Å²) in [4.78, 5) is 8.84. The molecule has 1 aliphatic heterocycles. The first kappa shape index (κ1) is 4.62. The van der Waals surface area contributed by atoms with Gasteiger partial charge in [0.2, 0.25) is 0 Å². The molecule has 0 amide bonds. The molecule has 0 spiro atoms. The second kappa shape index (κ2) is 1.96. The minimum atomic E-state index is 0.289. The molecule has 33 valence electrons. The third kappa shape index (κ3) is 0.962. The van der Waals surface area contributed by atoms with Gasteiger partial charge >= 0.3 is 7.48 Å².